The van der Waals surface area contributed by atoms with Crippen molar-refractivity contribution in [3.63, 3.8) is 0 Å². The predicted octanol–water partition coefficient (Wildman–Crippen LogP) is 2.60. The van der Waals surface area contributed by atoms with E-state index in [0.29, 0.717) is 23.7 Å². The number of nitrogens with zero attached hydrogens (tertiary/aromatic N) is 5. The number of aromatic nitrogens is 4. The molecule has 0 radical (unpaired) electrons. The van der Waals surface area contributed by atoms with E-state index < -0.39 is 0 Å². The molecule has 1 unspecified atom stereocenters. The van der Waals surface area contributed by atoms with Gasteiger partial charge < -0.3 is 10.2 Å². The summed E-state index contributed by atoms with van der Waals surface area (Å²) in [6, 6.07) is 2.37. The summed E-state index contributed by atoms with van der Waals surface area (Å²) in [7, 11) is 0. The van der Waals surface area contributed by atoms with E-state index in [4.69, 9.17) is 4.98 Å². The highest BCUT2D eigenvalue weighted by atomic mass is 15.2. The highest BCUT2D eigenvalue weighted by molar-refractivity contribution is 5.45. The molecular formula is C16H22N6. The molecule has 2 aromatic heterocycles. The predicted molar refractivity (Wildman–Crippen MR) is 86.0 cm³/mol. The second-order valence-electron chi connectivity index (χ2n) is 5.95. The summed E-state index contributed by atoms with van der Waals surface area (Å²) in [5, 5.41) is 3.11. The Bertz CT molecular complexity index is 601. The van der Waals surface area contributed by atoms with Gasteiger partial charge in [-0.1, -0.05) is 0 Å². The SMILES string of the molecule is CC(C)N1CCCC(c2cncc(Nc3ncccn3)n2)C1. The van der Waals surface area contributed by atoms with E-state index in [9.17, 15) is 0 Å². The molecule has 1 fully saturated rings. The maximum atomic E-state index is 4.71. The van der Waals surface area contributed by atoms with Gasteiger partial charge in [0.25, 0.3) is 0 Å². The average Bonchev–Trinajstić information content (AvgIpc) is 2.56. The zero-order chi connectivity index (χ0) is 15.4. The Balaban J connectivity index is 1.73. The highest BCUT2D eigenvalue weighted by Crippen LogP contribution is 2.27. The Morgan fingerprint density at radius 3 is 2.82 bits per heavy atom. The smallest absolute Gasteiger partial charge is 0.228 e. The van der Waals surface area contributed by atoms with Gasteiger partial charge in [-0.25, -0.2) is 15.0 Å². The van der Waals surface area contributed by atoms with E-state index in [0.717, 1.165) is 12.2 Å². The number of nitrogens with one attached hydrogen (secondary N) is 1. The third kappa shape index (κ3) is 3.57. The van der Waals surface area contributed by atoms with E-state index in [2.05, 4.69) is 39.0 Å². The van der Waals surface area contributed by atoms with E-state index in [1.807, 2.05) is 6.20 Å². The zero-order valence-corrected chi connectivity index (χ0v) is 13.1. The summed E-state index contributed by atoms with van der Waals surface area (Å²) in [6.45, 7) is 6.73. The van der Waals surface area contributed by atoms with Crippen molar-refractivity contribution < 1.29 is 0 Å². The lowest BCUT2D eigenvalue weighted by Crippen LogP contribution is -2.39. The Morgan fingerprint density at radius 1 is 1.23 bits per heavy atom. The number of hydrogen-bond acceptors (Lipinski definition) is 6. The summed E-state index contributed by atoms with van der Waals surface area (Å²) in [4.78, 5) is 19.8. The first-order chi connectivity index (χ1) is 10.7. The van der Waals surface area contributed by atoms with Gasteiger partial charge in [0.1, 0.15) is 0 Å². The Morgan fingerprint density at radius 2 is 2.05 bits per heavy atom. The molecule has 6 heteroatoms. The standard InChI is InChI=1S/C16H22N6/c1-12(2)22-8-3-5-13(11-22)14-9-17-10-15(20-14)21-16-18-6-4-7-19-16/h4,6-7,9-10,12-13H,3,5,8,11H2,1-2H3,(H,18,19,20,21). The van der Waals surface area contributed by atoms with E-state index in [1.165, 1.54) is 19.4 Å². The van der Waals surface area contributed by atoms with Gasteiger partial charge in [0.2, 0.25) is 5.95 Å². The van der Waals surface area contributed by atoms with Crippen molar-refractivity contribution >= 4 is 11.8 Å². The van der Waals surface area contributed by atoms with Crippen LogP contribution in [-0.4, -0.2) is 44.0 Å². The molecule has 2 aromatic rings. The van der Waals surface area contributed by atoms with Crippen LogP contribution < -0.4 is 5.32 Å². The molecule has 22 heavy (non-hydrogen) atoms. The molecule has 1 aliphatic heterocycles. The largest absolute Gasteiger partial charge is 0.307 e. The zero-order valence-electron chi connectivity index (χ0n) is 13.1. The number of likely N-dealkylation sites (tertiary alicyclic amines) is 1. The molecule has 3 heterocycles. The Kier molecular flexibility index (Phi) is 4.58. The van der Waals surface area contributed by atoms with Gasteiger partial charge in [-0.15, -0.1) is 0 Å². The average molecular weight is 298 g/mol. The fourth-order valence-electron chi connectivity index (χ4n) is 2.83. The van der Waals surface area contributed by atoms with Gasteiger partial charge in [-0.05, 0) is 39.3 Å². The lowest BCUT2D eigenvalue weighted by atomic mass is 9.94. The third-order valence-corrected chi connectivity index (χ3v) is 4.06. The first-order valence-electron chi connectivity index (χ1n) is 7.82. The molecule has 1 N–H and O–H groups in total. The molecule has 0 spiro atoms. The fourth-order valence-corrected chi connectivity index (χ4v) is 2.83. The second kappa shape index (κ2) is 6.79. The van der Waals surface area contributed by atoms with Gasteiger partial charge in [0.15, 0.2) is 5.82 Å². The van der Waals surface area contributed by atoms with Crippen LogP contribution in [0.2, 0.25) is 0 Å². The summed E-state index contributed by atoms with van der Waals surface area (Å²) in [5.74, 6) is 1.69. The molecule has 1 atom stereocenters. The van der Waals surface area contributed by atoms with Crippen molar-refractivity contribution in [2.24, 2.45) is 0 Å². The van der Waals surface area contributed by atoms with Crippen molar-refractivity contribution in [3.8, 4) is 0 Å². The van der Waals surface area contributed by atoms with Crippen LogP contribution in [0.15, 0.2) is 30.9 Å². The summed E-state index contributed by atoms with van der Waals surface area (Å²) in [6.07, 6.45) is 9.38. The molecule has 0 saturated carbocycles. The Hall–Kier alpha value is -2.08. The van der Waals surface area contributed by atoms with Crippen LogP contribution in [0.4, 0.5) is 11.8 Å². The van der Waals surface area contributed by atoms with Crippen molar-refractivity contribution in [1.82, 2.24) is 24.8 Å². The van der Waals surface area contributed by atoms with Crippen molar-refractivity contribution in [2.45, 2.75) is 38.6 Å². The minimum atomic E-state index is 0.446. The van der Waals surface area contributed by atoms with Crippen LogP contribution in [0.5, 0.6) is 0 Å². The Labute approximate surface area is 131 Å². The minimum absolute atomic E-state index is 0.446. The molecular weight excluding hydrogens is 276 g/mol. The van der Waals surface area contributed by atoms with Gasteiger partial charge in [-0.3, -0.25) is 4.98 Å². The van der Waals surface area contributed by atoms with Gasteiger partial charge in [0, 0.05) is 37.1 Å². The first kappa shape index (κ1) is 14.8. The van der Waals surface area contributed by atoms with Crippen LogP contribution in [0, 0.1) is 0 Å². The summed E-state index contributed by atoms with van der Waals surface area (Å²) < 4.78 is 0. The lowest BCUT2D eigenvalue weighted by molar-refractivity contribution is 0.166. The lowest BCUT2D eigenvalue weighted by Gasteiger charge is -2.35. The highest BCUT2D eigenvalue weighted by Gasteiger charge is 2.24. The van der Waals surface area contributed by atoms with Gasteiger partial charge in [-0.2, -0.15) is 0 Å². The number of rotatable bonds is 4. The maximum Gasteiger partial charge on any atom is 0.228 e. The quantitative estimate of drug-likeness (QED) is 0.936. The van der Waals surface area contributed by atoms with E-state index in [-0.39, 0.29) is 0 Å². The minimum Gasteiger partial charge on any atom is -0.307 e. The molecule has 116 valence electrons. The summed E-state index contributed by atoms with van der Waals surface area (Å²) >= 11 is 0. The molecule has 6 nitrogen and oxygen atoms in total. The molecule has 3 rings (SSSR count). The molecule has 0 aromatic carbocycles. The summed E-state index contributed by atoms with van der Waals surface area (Å²) in [5.41, 5.74) is 1.05. The topological polar surface area (TPSA) is 66.8 Å². The van der Waals surface area contributed by atoms with Crippen molar-refractivity contribution in [3.05, 3.63) is 36.5 Å². The van der Waals surface area contributed by atoms with E-state index >= 15 is 0 Å². The number of hydrogen-bond donors (Lipinski definition) is 1. The van der Waals surface area contributed by atoms with Crippen LogP contribution in [0.3, 0.4) is 0 Å². The molecule has 0 aliphatic carbocycles. The molecule has 0 amide bonds. The maximum absolute atomic E-state index is 4.71. The fraction of sp³-hybridized carbons (Fsp3) is 0.500. The monoisotopic (exact) mass is 298 g/mol. The van der Waals surface area contributed by atoms with Crippen LogP contribution in [0.25, 0.3) is 0 Å². The van der Waals surface area contributed by atoms with Gasteiger partial charge >= 0.3 is 0 Å². The van der Waals surface area contributed by atoms with Gasteiger partial charge in [0.05, 0.1) is 11.9 Å². The van der Waals surface area contributed by atoms with Crippen LogP contribution >= 0.6 is 0 Å². The molecule has 1 aliphatic rings. The van der Waals surface area contributed by atoms with E-state index in [1.54, 1.807) is 24.7 Å². The van der Waals surface area contributed by atoms with Crippen molar-refractivity contribution in [1.29, 1.82) is 0 Å². The second-order valence-corrected chi connectivity index (χ2v) is 5.95. The normalized spacial score (nSPS) is 19.3. The number of anilines is 2. The molecule has 1 saturated heterocycles. The first-order valence-corrected chi connectivity index (χ1v) is 7.82. The van der Waals surface area contributed by atoms with Crippen LogP contribution in [-0.2, 0) is 0 Å². The third-order valence-electron chi connectivity index (χ3n) is 4.06. The van der Waals surface area contributed by atoms with Crippen molar-refractivity contribution in [2.75, 3.05) is 18.4 Å². The van der Waals surface area contributed by atoms with Crippen LogP contribution in [0.1, 0.15) is 38.3 Å². The molecule has 0 bridgehead atoms. The number of piperidine rings is 1.